The van der Waals surface area contributed by atoms with Crippen molar-refractivity contribution in [2.75, 3.05) is 6.54 Å². The Morgan fingerprint density at radius 3 is 3.00 bits per heavy atom. The molecule has 0 aromatic rings. The first-order chi connectivity index (χ1) is 7.97. The maximum Gasteiger partial charge on any atom is 0.328 e. The lowest BCUT2D eigenvalue weighted by atomic mass is 10.1. The second-order valence-corrected chi connectivity index (χ2v) is 4.63. The fourth-order valence-corrected chi connectivity index (χ4v) is 2.28. The highest BCUT2D eigenvalue weighted by Gasteiger charge is 2.26. The quantitative estimate of drug-likeness (QED) is 0.743. The number of halogens is 1. The van der Waals surface area contributed by atoms with Crippen LogP contribution in [0.4, 0.5) is 0 Å². The summed E-state index contributed by atoms with van der Waals surface area (Å²) in [6.45, 7) is 2.07. The van der Waals surface area contributed by atoms with E-state index in [0.717, 1.165) is 16.1 Å². The molecule has 0 fully saturated rings. The third kappa shape index (κ3) is 2.36. The first-order valence-corrected chi connectivity index (χ1v) is 5.66. The molecule has 0 aliphatic carbocycles. The Labute approximate surface area is 106 Å². The normalized spacial score (nSPS) is 21.8. The Morgan fingerprint density at radius 2 is 2.35 bits per heavy atom. The van der Waals surface area contributed by atoms with Gasteiger partial charge in [-0.3, -0.25) is 4.79 Å². The SMILES string of the molecule is CC1=CC(Br)=CN2C/C(=C/C(=O)O)C(=O)N=C12. The van der Waals surface area contributed by atoms with Gasteiger partial charge in [0, 0.05) is 22.3 Å². The van der Waals surface area contributed by atoms with Gasteiger partial charge in [-0.05, 0) is 34.5 Å². The van der Waals surface area contributed by atoms with Crippen LogP contribution in [0.15, 0.2) is 39.0 Å². The van der Waals surface area contributed by atoms with Gasteiger partial charge in [0.1, 0.15) is 5.84 Å². The standard InChI is InChI=1S/C11H9BrN2O3/c1-6-2-8(12)5-14-4-7(3-9(15)16)11(17)13-10(6)14/h2-3,5H,4H2,1H3,(H,15,16)/b7-3-. The lowest BCUT2D eigenvalue weighted by Gasteiger charge is -2.29. The molecular formula is C11H9BrN2O3. The lowest BCUT2D eigenvalue weighted by molar-refractivity contribution is -0.131. The van der Waals surface area contributed by atoms with Crippen molar-refractivity contribution in [2.24, 2.45) is 4.99 Å². The van der Waals surface area contributed by atoms with E-state index in [4.69, 9.17) is 5.11 Å². The van der Waals surface area contributed by atoms with E-state index in [0.29, 0.717) is 5.84 Å². The molecule has 0 radical (unpaired) electrons. The van der Waals surface area contributed by atoms with Crippen molar-refractivity contribution in [1.82, 2.24) is 4.90 Å². The molecule has 0 saturated carbocycles. The summed E-state index contributed by atoms with van der Waals surface area (Å²) in [5.74, 6) is -1.06. The van der Waals surface area contributed by atoms with Crippen molar-refractivity contribution in [3.05, 3.63) is 34.0 Å². The Bertz CT molecular complexity index is 529. The van der Waals surface area contributed by atoms with Gasteiger partial charge in [-0.2, -0.15) is 4.99 Å². The summed E-state index contributed by atoms with van der Waals surface area (Å²) in [5.41, 5.74) is 1.04. The van der Waals surface area contributed by atoms with Crippen LogP contribution >= 0.6 is 15.9 Å². The number of rotatable bonds is 1. The monoisotopic (exact) mass is 296 g/mol. The van der Waals surface area contributed by atoms with Gasteiger partial charge in [0.2, 0.25) is 0 Å². The van der Waals surface area contributed by atoms with Crippen LogP contribution in [-0.4, -0.2) is 34.3 Å². The highest BCUT2D eigenvalue weighted by molar-refractivity contribution is 9.11. The third-order valence-corrected chi connectivity index (χ3v) is 2.81. The van der Waals surface area contributed by atoms with Crippen LogP contribution in [-0.2, 0) is 9.59 Å². The van der Waals surface area contributed by atoms with E-state index in [1.54, 1.807) is 11.1 Å². The number of carbonyl (C=O) groups is 2. The summed E-state index contributed by atoms with van der Waals surface area (Å²) in [5, 5.41) is 8.65. The summed E-state index contributed by atoms with van der Waals surface area (Å²) in [7, 11) is 0. The minimum atomic E-state index is -1.14. The topological polar surface area (TPSA) is 70.0 Å². The number of hydrogen-bond acceptors (Lipinski definition) is 3. The minimum Gasteiger partial charge on any atom is -0.478 e. The average molecular weight is 297 g/mol. The zero-order chi connectivity index (χ0) is 12.6. The van der Waals surface area contributed by atoms with E-state index in [2.05, 4.69) is 20.9 Å². The fraction of sp³-hybridized carbons (Fsp3) is 0.182. The number of nitrogens with zero attached hydrogens (tertiary/aromatic N) is 2. The minimum absolute atomic E-state index is 0.174. The van der Waals surface area contributed by atoms with E-state index >= 15 is 0 Å². The fourth-order valence-electron chi connectivity index (χ4n) is 1.69. The largest absolute Gasteiger partial charge is 0.478 e. The van der Waals surface area contributed by atoms with Gasteiger partial charge in [0.15, 0.2) is 0 Å². The summed E-state index contributed by atoms with van der Waals surface area (Å²) in [6, 6.07) is 0. The molecule has 0 unspecified atom stereocenters. The second-order valence-electron chi connectivity index (χ2n) is 3.72. The first-order valence-electron chi connectivity index (χ1n) is 4.86. The Kier molecular flexibility index (Phi) is 2.97. The molecule has 6 heteroatoms. The number of carboxylic acids is 1. The van der Waals surface area contributed by atoms with Gasteiger partial charge in [-0.25, -0.2) is 4.79 Å². The van der Waals surface area contributed by atoms with E-state index in [9.17, 15) is 9.59 Å². The van der Waals surface area contributed by atoms with Gasteiger partial charge in [-0.15, -0.1) is 0 Å². The number of aliphatic imine (C=N–C) groups is 1. The van der Waals surface area contributed by atoms with Crippen molar-refractivity contribution in [3.63, 3.8) is 0 Å². The van der Waals surface area contributed by atoms with E-state index < -0.39 is 11.9 Å². The molecule has 1 amide bonds. The van der Waals surface area contributed by atoms with Crippen molar-refractivity contribution >= 4 is 33.6 Å². The maximum atomic E-state index is 11.6. The van der Waals surface area contributed by atoms with Crippen LogP contribution in [0, 0.1) is 0 Å². The number of carbonyl (C=O) groups excluding carboxylic acids is 1. The highest BCUT2D eigenvalue weighted by Crippen LogP contribution is 2.24. The van der Waals surface area contributed by atoms with Gasteiger partial charge >= 0.3 is 5.97 Å². The van der Waals surface area contributed by atoms with Crippen LogP contribution in [0.25, 0.3) is 0 Å². The molecule has 5 nitrogen and oxygen atoms in total. The summed E-state index contributed by atoms with van der Waals surface area (Å²) >= 11 is 3.34. The number of allylic oxidation sites excluding steroid dienone is 2. The zero-order valence-corrected chi connectivity index (χ0v) is 10.6. The summed E-state index contributed by atoms with van der Waals surface area (Å²) < 4.78 is 0.859. The van der Waals surface area contributed by atoms with Gasteiger partial charge in [0.05, 0.1) is 6.54 Å². The molecule has 0 atom stereocenters. The average Bonchev–Trinajstić information content (AvgIpc) is 2.20. The summed E-state index contributed by atoms with van der Waals surface area (Å²) in [6.07, 6.45) is 4.53. The number of carboxylic acid groups (broad SMARTS) is 1. The lowest BCUT2D eigenvalue weighted by Crippen LogP contribution is -2.37. The molecule has 1 N–H and O–H groups in total. The number of aliphatic carboxylic acids is 1. The number of amidine groups is 1. The number of fused-ring (bicyclic) bond motifs is 1. The van der Waals surface area contributed by atoms with E-state index in [1.807, 2.05) is 13.0 Å². The maximum absolute atomic E-state index is 11.6. The van der Waals surface area contributed by atoms with Crippen LogP contribution in [0.1, 0.15) is 6.92 Å². The van der Waals surface area contributed by atoms with Crippen LogP contribution in [0.2, 0.25) is 0 Å². The molecular weight excluding hydrogens is 288 g/mol. The summed E-state index contributed by atoms with van der Waals surface area (Å²) in [4.78, 5) is 27.8. The Morgan fingerprint density at radius 1 is 1.65 bits per heavy atom. The molecule has 2 aliphatic rings. The Hall–Kier alpha value is -1.69. The molecule has 17 heavy (non-hydrogen) atoms. The second kappa shape index (κ2) is 4.29. The van der Waals surface area contributed by atoms with Crippen LogP contribution in [0.3, 0.4) is 0 Å². The molecule has 0 aromatic heterocycles. The van der Waals surface area contributed by atoms with Crippen LogP contribution in [0.5, 0.6) is 0 Å². The number of amides is 1. The van der Waals surface area contributed by atoms with Gasteiger partial charge < -0.3 is 10.0 Å². The van der Waals surface area contributed by atoms with Crippen molar-refractivity contribution in [3.8, 4) is 0 Å². The van der Waals surface area contributed by atoms with Gasteiger partial charge in [0.25, 0.3) is 5.91 Å². The third-order valence-electron chi connectivity index (χ3n) is 2.38. The molecule has 2 aliphatic heterocycles. The first kappa shape index (κ1) is 11.8. The smallest absolute Gasteiger partial charge is 0.328 e. The molecule has 0 spiro atoms. The predicted molar refractivity (Wildman–Crippen MR) is 65.6 cm³/mol. The molecule has 2 heterocycles. The molecule has 0 saturated heterocycles. The van der Waals surface area contributed by atoms with Crippen molar-refractivity contribution in [1.29, 1.82) is 0 Å². The van der Waals surface area contributed by atoms with Gasteiger partial charge in [-0.1, -0.05) is 0 Å². The zero-order valence-electron chi connectivity index (χ0n) is 8.98. The van der Waals surface area contributed by atoms with Crippen LogP contribution < -0.4 is 0 Å². The van der Waals surface area contributed by atoms with Crippen molar-refractivity contribution in [2.45, 2.75) is 6.92 Å². The van der Waals surface area contributed by atoms with Crippen molar-refractivity contribution < 1.29 is 14.7 Å². The Balaban J connectivity index is 2.41. The number of hydrogen-bond donors (Lipinski definition) is 1. The predicted octanol–water partition coefficient (Wildman–Crippen LogP) is 1.43. The van der Waals surface area contributed by atoms with E-state index in [-0.39, 0.29) is 12.1 Å². The molecule has 2 rings (SSSR count). The highest BCUT2D eigenvalue weighted by atomic mass is 79.9. The van der Waals surface area contributed by atoms with E-state index in [1.165, 1.54) is 0 Å². The molecule has 0 bridgehead atoms. The molecule has 0 aromatic carbocycles. The molecule has 88 valence electrons.